The van der Waals surface area contributed by atoms with Gasteiger partial charge in [-0.15, -0.1) is 0 Å². The zero-order valence-corrected chi connectivity index (χ0v) is 15.2. The molecule has 0 aliphatic carbocycles. The van der Waals surface area contributed by atoms with Crippen LogP contribution in [-0.2, 0) is 13.0 Å². The van der Waals surface area contributed by atoms with E-state index in [0.717, 1.165) is 23.4 Å². The molecule has 2 N–H and O–H groups in total. The van der Waals surface area contributed by atoms with Crippen molar-refractivity contribution in [2.24, 2.45) is 5.73 Å². The molecular formula is C20H18ClN3S. The minimum atomic E-state index is 0.294. The number of rotatable bonds is 5. The van der Waals surface area contributed by atoms with Crippen molar-refractivity contribution in [2.75, 3.05) is 4.90 Å². The van der Waals surface area contributed by atoms with Crippen LogP contribution in [0.3, 0.4) is 0 Å². The highest BCUT2D eigenvalue weighted by atomic mass is 35.5. The zero-order valence-electron chi connectivity index (χ0n) is 13.6. The summed E-state index contributed by atoms with van der Waals surface area (Å²) in [6.45, 7) is 0.547. The van der Waals surface area contributed by atoms with Gasteiger partial charge in [0.25, 0.3) is 0 Å². The van der Waals surface area contributed by atoms with Crippen LogP contribution in [0.1, 0.15) is 16.7 Å². The molecule has 0 fully saturated rings. The van der Waals surface area contributed by atoms with Gasteiger partial charge in [0.15, 0.2) is 5.11 Å². The third-order valence-electron chi connectivity index (χ3n) is 3.88. The number of nitrogens with two attached hydrogens (primary N) is 1. The summed E-state index contributed by atoms with van der Waals surface area (Å²) in [5.41, 5.74) is 9.36. The Morgan fingerprint density at radius 3 is 2.36 bits per heavy atom. The fourth-order valence-electron chi connectivity index (χ4n) is 2.66. The molecule has 0 atom stereocenters. The lowest BCUT2D eigenvalue weighted by molar-refractivity contribution is 0.957. The fourth-order valence-corrected chi connectivity index (χ4v) is 2.93. The van der Waals surface area contributed by atoms with Crippen LogP contribution in [0.2, 0.25) is 5.02 Å². The molecule has 3 rings (SSSR count). The highest BCUT2D eigenvalue weighted by Crippen LogP contribution is 2.23. The molecule has 3 aromatic rings. The lowest BCUT2D eigenvalue weighted by atomic mass is 10.1. The number of aromatic nitrogens is 1. The Kier molecular flexibility index (Phi) is 5.64. The molecule has 126 valence electrons. The van der Waals surface area contributed by atoms with E-state index in [0.29, 0.717) is 16.7 Å². The number of hydrogen-bond donors (Lipinski definition) is 1. The van der Waals surface area contributed by atoms with Gasteiger partial charge in [0.2, 0.25) is 0 Å². The van der Waals surface area contributed by atoms with Gasteiger partial charge < -0.3 is 5.73 Å². The van der Waals surface area contributed by atoms with E-state index < -0.39 is 0 Å². The third kappa shape index (κ3) is 4.56. The van der Waals surface area contributed by atoms with Crippen LogP contribution in [0.5, 0.6) is 0 Å². The molecule has 0 radical (unpaired) electrons. The summed E-state index contributed by atoms with van der Waals surface area (Å²) in [7, 11) is 0. The van der Waals surface area contributed by atoms with E-state index >= 15 is 0 Å². The Hall–Kier alpha value is -2.43. The third-order valence-corrected chi connectivity index (χ3v) is 4.35. The molecule has 0 aliphatic heterocycles. The molecule has 1 heterocycles. The van der Waals surface area contributed by atoms with Crippen LogP contribution in [0.4, 0.5) is 5.82 Å². The highest BCUT2D eigenvalue weighted by Gasteiger charge is 2.16. The van der Waals surface area contributed by atoms with Gasteiger partial charge in [0, 0.05) is 17.6 Å². The molecule has 3 nitrogen and oxygen atoms in total. The molecular weight excluding hydrogens is 350 g/mol. The summed E-state index contributed by atoms with van der Waals surface area (Å²) in [5.74, 6) is 0.786. The Labute approximate surface area is 158 Å². The number of thiocarbonyl (C=S) groups is 1. The first-order valence-electron chi connectivity index (χ1n) is 7.93. The van der Waals surface area contributed by atoms with E-state index in [2.05, 4.69) is 23.2 Å². The van der Waals surface area contributed by atoms with Crippen molar-refractivity contribution >= 4 is 34.7 Å². The molecule has 0 saturated carbocycles. The van der Waals surface area contributed by atoms with Crippen molar-refractivity contribution in [1.82, 2.24) is 4.98 Å². The van der Waals surface area contributed by atoms with Crippen molar-refractivity contribution in [3.8, 4) is 0 Å². The quantitative estimate of drug-likeness (QED) is 0.670. The van der Waals surface area contributed by atoms with Crippen LogP contribution in [0.25, 0.3) is 0 Å². The normalized spacial score (nSPS) is 10.4. The van der Waals surface area contributed by atoms with Crippen molar-refractivity contribution < 1.29 is 0 Å². The van der Waals surface area contributed by atoms with E-state index in [-0.39, 0.29) is 0 Å². The summed E-state index contributed by atoms with van der Waals surface area (Å²) in [6, 6.07) is 21.9. The molecule has 25 heavy (non-hydrogen) atoms. The number of anilines is 1. The van der Waals surface area contributed by atoms with Gasteiger partial charge in [0.1, 0.15) is 5.82 Å². The minimum absolute atomic E-state index is 0.294. The first kappa shape index (κ1) is 17.4. The number of hydrogen-bond acceptors (Lipinski definition) is 2. The van der Waals surface area contributed by atoms with Crippen LogP contribution in [0.15, 0.2) is 72.9 Å². The van der Waals surface area contributed by atoms with E-state index in [9.17, 15) is 0 Å². The molecule has 0 bridgehead atoms. The molecule has 0 saturated heterocycles. The second kappa shape index (κ2) is 8.10. The minimum Gasteiger partial charge on any atom is -0.376 e. The number of nitrogens with zero attached hydrogens (tertiary/aromatic N) is 2. The SMILES string of the molecule is NC(=S)N(Cc1ccc(Cl)cc1)c1ncccc1Cc1ccccc1. The number of pyridine rings is 1. The monoisotopic (exact) mass is 367 g/mol. The molecule has 0 unspecified atom stereocenters. The maximum absolute atomic E-state index is 6.00. The molecule has 2 aromatic carbocycles. The van der Waals surface area contributed by atoms with Crippen molar-refractivity contribution in [1.29, 1.82) is 0 Å². The first-order chi connectivity index (χ1) is 12.1. The topological polar surface area (TPSA) is 42.1 Å². The van der Waals surface area contributed by atoms with Gasteiger partial charge >= 0.3 is 0 Å². The predicted octanol–water partition coefficient (Wildman–Crippen LogP) is 4.58. The summed E-state index contributed by atoms with van der Waals surface area (Å²) >= 11 is 11.3. The van der Waals surface area contributed by atoms with E-state index in [1.165, 1.54) is 5.56 Å². The zero-order chi connectivity index (χ0) is 17.6. The average Bonchev–Trinajstić information content (AvgIpc) is 2.63. The molecule has 0 amide bonds. The second-order valence-corrected chi connectivity index (χ2v) is 6.55. The number of benzene rings is 2. The van der Waals surface area contributed by atoms with Gasteiger partial charge in [-0.1, -0.05) is 60.1 Å². The van der Waals surface area contributed by atoms with Gasteiger partial charge in [-0.2, -0.15) is 0 Å². The maximum atomic E-state index is 6.00. The lowest BCUT2D eigenvalue weighted by Gasteiger charge is -2.24. The van der Waals surface area contributed by atoms with Crippen LogP contribution in [-0.4, -0.2) is 10.1 Å². The van der Waals surface area contributed by atoms with Crippen molar-refractivity contribution in [3.63, 3.8) is 0 Å². The van der Waals surface area contributed by atoms with Gasteiger partial charge in [-0.05, 0) is 47.1 Å². The van der Waals surface area contributed by atoms with E-state index in [1.807, 2.05) is 53.4 Å². The predicted molar refractivity (Wildman–Crippen MR) is 108 cm³/mol. The molecule has 0 aliphatic rings. The average molecular weight is 368 g/mol. The van der Waals surface area contributed by atoms with E-state index in [1.54, 1.807) is 6.20 Å². The Bertz CT molecular complexity index is 850. The Balaban J connectivity index is 1.91. The van der Waals surface area contributed by atoms with Gasteiger partial charge in [-0.3, -0.25) is 4.90 Å². The summed E-state index contributed by atoms with van der Waals surface area (Å²) < 4.78 is 0. The smallest absolute Gasteiger partial charge is 0.172 e. The second-order valence-electron chi connectivity index (χ2n) is 5.70. The van der Waals surface area contributed by atoms with Gasteiger partial charge in [0.05, 0.1) is 6.54 Å². The lowest BCUT2D eigenvalue weighted by Crippen LogP contribution is -2.36. The Morgan fingerprint density at radius 2 is 1.68 bits per heavy atom. The summed E-state index contributed by atoms with van der Waals surface area (Å²) in [5, 5.41) is 0.996. The van der Waals surface area contributed by atoms with Crippen LogP contribution >= 0.6 is 23.8 Å². The molecule has 0 spiro atoms. The maximum Gasteiger partial charge on any atom is 0.172 e. The fraction of sp³-hybridized carbons (Fsp3) is 0.100. The standard InChI is InChI=1S/C20H18ClN3S/c21-18-10-8-16(9-11-18)14-24(20(22)25)19-17(7-4-12-23-19)13-15-5-2-1-3-6-15/h1-12H,13-14H2,(H2,22,25). The Morgan fingerprint density at radius 1 is 0.960 bits per heavy atom. The number of halogens is 1. The molecule has 5 heteroatoms. The largest absolute Gasteiger partial charge is 0.376 e. The highest BCUT2D eigenvalue weighted by molar-refractivity contribution is 7.80. The van der Waals surface area contributed by atoms with Crippen molar-refractivity contribution in [3.05, 3.63) is 94.6 Å². The van der Waals surface area contributed by atoms with Crippen LogP contribution < -0.4 is 10.6 Å². The van der Waals surface area contributed by atoms with Crippen molar-refractivity contribution in [2.45, 2.75) is 13.0 Å². The van der Waals surface area contributed by atoms with Crippen LogP contribution in [0, 0.1) is 0 Å². The summed E-state index contributed by atoms with van der Waals surface area (Å²) in [6.07, 6.45) is 2.53. The van der Waals surface area contributed by atoms with Gasteiger partial charge in [-0.25, -0.2) is 4.98 Å². The molecule has 1 aromatic heterocycles. The first-order valence-corrected chi connectivity index (χ1v) is 8.71. The van der Waals surface area contributed by atoms with E-state index in [4.69, 9.17) is 29.6 Å². The summed E-state index contributed by atoms with van der Waals surface area (Å²) in [4.78, 5) is 6.40.